The van der Waals surface area contributed by atoms with Gasteiger partial charge >= 0.3 is 0 Å². The molecule has 1 aromatic rings. The van der Waals surface area contributed by atoms with Gasteiger partial charge in [-0.2, -0.15) is 0 Å². The highest BCUT2D eigenvalue weighted by Crippen LogP contribution is 2.21. The molecule has 0 aliphatic rings. The third-order valence-electron chi connectivity index (χ3n) is 2.44. The van der Waals surface area contributed by atoms with Crippen LogP contribution in [0.15, 0.2) is 18.5 Å². The van der Waals surface area contributed by atoms with E-state index in [0.717, 1.165) is 19.5 Å². The molecule has 3 nitrogen and oxygen atoms in total. The van der Waals surface area contributed by atoms with Crippen LogP contribution in [0.4, 0.5) is 0 Å². The SMILES string of the molecule is CC(O)CC(C)(C)CNCc1cc[nH]c1. The van der Waals surface area contributed by atoms with Crippen molar-refractivity contribution in [1.29, 1.82) is 0 Å². The molecule has 0 saturated heterocycles. The first kappa shape index (κ1) is 12.3. The van der Waals surface area contributed by atoms with Gasteiger partial charge in [0.1, 0.15) is 0 Å². The van der Waals surface area contributed by atoms with Crippen LogP contribution < -0.4 is 5.32 Å². The zero-order valence-corrected chi connectivity index (χ0v) is 9.88. The predicted molar refractivity (Wildman–Crippen MR) is 62.6 cm³/mol. The van der Waals surface area contributed by atoms with Gasteiger partial charge in [0.05, 0.1) is 6.10 Å². The standard InChI is InChI=1S/C12H22N2O/c1-10(15)6-12(2,3)9-14-8-11-4-5-13-7-11/h4-5,7,10,13-15H,6,8-9H2,1-3H3. The molecular formula is C12H22N2O. The minimum atomic E-state index is -0.228. The van der Waals surface area contributed by atoms with E-state index in [4.69, 9.17) is 0 Å². The van der Waals surface area contributed by atoms with Crippen molar-refractivity contribution in [1.82, 2.24) is 10.3 Å². The fraction of sp³-hybridized carbons (Fsp3) is 0.667. The Morgan fingerprint density at radius 2 is 2.27 bits per heavy atom. The molecule has 1 heterocycles. The lowest BCUT2D eigenvalue weighted by Crippen LogP contribution is -2.31. The summed E-state index contributed by atoms with van der Waals surface area (Å²) >= 11 is 0. The second-order valence-corrected chi connectivity index (χ2v) is 5.04. The van der Waals surface area contributed by atoms with E-state index in [2.05, 4.69) is 30.2 Å². The van der Waals surface area contributed by atoms with Crippen molar-refractivity contribution in [3.8, 4) is 0 Å². The summed E-state index contributed by atoms with van der Waals surface area (Å²) in [4.78, 5) is 3.03. The van der Waals surface area contributed by atoms with Crippen LogP contribution in [0.2, 0.25) is 0 Å². The molecule has 15 heavy (non-hydrogen) atoms. The quantitative estimate of drug-likeness (QED) is 0.671. The van der Waals surface area contributed by atoms with Crippen molar-refractivity contribution in [3.63, 3.8) is 0 Å². The Labute approximate surface area is 91.9 Å². The van der Waals surface area contributed by atoms with Gasteiger partial charge in [-0.25, -0.2) is 0 Å². The molecule has 1 rings (SSSR count). The van der Waals surface area contributed by atoms with Crippen LogP contribution >= 0.6 is 0 Å². The summed E-state index contributed by atoms with van der Waals surface area (Å²) in [5.41, 5.74) is 1.41. The molecule has 0 aliphatic carbocycles. The van der Waals surface area contributed by atoms with E-state index >= 15 is 0 Å². The van der Waals surface area contributed by atoms with Crippen LogP contribution in [0, 0.1) is 5.41 Å². The van der Waals surface area contributed by atoms with E-state index < -0.39 is 0 Å². The van der Waals surface area contributed by atoms with Crippen molar-refractivity contribution in [3.05, 3.63) is 24.0 Å². The number of H-pyrrole nitrogens is 1. The monoisotopic (exact) mass is 210 g/mol. The topological polar surface area (TPSA) is 48.0 Å². The zero-order chi connectivity index (χ0) is 11.3. The van der Waals surface area contributed by atoms with E-state index in [0.29, 0.717) is 0 Å². The summed E-state index contributed by atoms with van der Waals surface area (Å²) in [6.07, 6.45) is 4.52. The summed E-state index contributed by atoms with van der Waals surface area (Å²) < 4.78 is 0. The maximum atomic E-state index is 9.34. The van der Waals surface area contributed by atoms with E-state index in [1.54, 1.807) is 0 Å². The summed E-state index contributed by atoms with van der Waals surface area (Å²) in [6.45, 7) is 7.98. The van der Waals surface area contributed by atoms with Crippen LogP contribution in [-0.2, 0) is 6.54 Å². The Bertz CT molecular complexity index is 265. The van der Waals surface area contributed by atoms with Crippen molar-refractivity contribution < 1.29 is 5.11 Å². The fourth-order valence-electron chi connectivity index (χ4n) is 1.89. The van der Waals surface area contributed by atoms with Crippen LogP contribution in [0.1, 0.15) is 32.8 Å². The second kappa shape index (κ2) is 5.33. The minimum absolute atomic E-state index is 0.143. The van der Waals surface area contributed by atoms with Crippen LogP contribution in [0.5, 0.6) is 0 Å². The van der Waals surface area contributed by atoms with Gasteiger partial charge in [0, 0.05) is 25.5 Å². The highest BCUT2D eigenvalue weighted by molar-refractivity contribution is 5.07. The van der Waals surface area contributed by atoms with Crippen LogP contribution in [-0.4, -0.2) is 22.7 Å². The Morgan fingerprint density at radius 3 is 2.80 bits per heavy atom. The molecule has 3 N–H and O–H groups in total. The van der Waals surface area contributed by atoms with E-state index in [9.17, 15) is 5.11 Å². The lowest BCUT2D eigenvalue weighted by Gasteiger charge is -2.26. The van der Waals surface area contributed by atoms with Gasteiger partial charge in [-0.1, -0.05) is 13.8 Å². The van der Waals surface area contributed by atoms with Gasteiger partial charge in [0.2, 0.25) is 0 Å². The number of hydrogen-bond donors (Lipinski definition) is 3. The maximum Gasteiger partial charge on any atom is 0.0517 e. The van der Waals surface area contributed by atoms with Crippen molar-refractivity contribution in [2.24, 2.45) is 5.41 Å². The van der Waals surface area contributed by atoms with Crippen molar-refractivity contribution in [2.75, 3.05) is 6.54 Å². The smallest absolute Gasteiger partial charge is 0.0517 e. The fourth-order valence-corrected chi connectivity index (χ4v) is 1.89. The summed E-state index contributed by atoms with van der Waals surface area (Å²) in [5, 5.41) is 12.7. The Hall–Kier alpha value is -0.800. The Balaban J connectivity index is 2.24. The van der Waals surface area contributed by atoms with Crippen molar-refractivity contribution >= 4 is 0 Å². The predicted octanol–water partition coefficient (Wildman–Crippen LogP) is 1.90. The number of aromatic amines is 1. The number of aliphatic hydroxyl groups is 1. The molecule has 0 fully saturated rings. The van der Waals surface area contributed by atoms with E-state index in [1.165, 1.54) is 5.56 Å². The number of aromatic nitrogens is 1. The molecular weight excluding hydrogens is 188 g/mol. The first-order valence-corrected chi connectivity index (χ1v) is 5.50. The largest absolute Gasteiger partial charge is 0.393 e. The molecule has 1 unspecified atom stereocenters. The molecule has 0 radical (unpaired) electrons. The van der Waals surface area contributed by atoms with Gasteiger partial charge in [-0.15, -0.1) is 0 Å². The number of aliphatic hydroxyl groups excluding tert-OH is 1. The first-order chi connectivity index (χ1) is 6.99. The maximum absolute atomic E-state index is 9.34. The van der Waals surface area contributed by atoms with E-state index in [1.807, 2.05) is 19.3 Å². The van der Waals surface area contributed by atoms with Crippen LogP contribution in [0.25, 0.3) is 0 Å². The summed E-state index contributed by atoms with van der Waals surface area (Å²) in [6, 6.07) is 2.06. The molecule has 0 aromatic carbocycles. The average Bonchev–Trinajstić information content (AvgIpc) is 2.53. The third-order valence-corrected chi connectivity index (χ3v) is 2.44. The van der Waals surface area contributed by atoms with Gasteiger partial charge in [0.25, 0.3) is 0 Å². The Morgan fingerprint density at radius 1 is 1.53 bits per heavy atom. The molecule has 0 bridgehead atoms. The highest BCUT2D eigenvalue weighted by atomic mass is 16.3. The lowest BCUT2D eigenvalue weighted by molar-refractivity contribution is 0.128. The molecule has 0 spiro atoms. The lowest BCUT2D eigenvalue weighted by atomic mass is 9.87. The van der Waals surface area contributed by atoms with Gasteiger partial charge in [-0.3, -0.25) is 0 Å². The number of hydrogen-bond acceptors (Lipinski definition) is 2. The van der Waals surface area contributed by atoms with Crippen molar-refractivity contribution in [2.45, 2.75) is 39.8 Å². The molecule has 86 valence electrons. The molecule has 1 atom stereocenters. The average molecular weight is 210 g/mol. The van der Waals surface area contributed by atoms with Gasteiger partial charge in [0.15, 0.2) is 0 Å². The minimum Gasteiger partial charge on any atom is -0.393 e. The second-order valence-electron chi connectivity index (χ2n) is 5.04. The summed E-state index contributed by atoms with van der Waals surface area (Å²) in [5.74, 6) is 0. The molecule has 3 heteroatoms. The van der Waals surface area contributed by atoms with Crippen LogP contribution in [0.3, 0.4) is 0 Å². The molecule has 0 aliphatic heterocycles. The first-order valence-electron chi connectivity index (χ1n) is 5.50. The normalized spacial score (nSPS) is 14.1. The molecule has 0 saturated carbocycles. The Kier molecular flexibility index (Phi) is 4.36. The zero-order valence-electron chi connectivity index (χ0n) is 9.88. The van der Waals surface area contributed by atoms with Gasteiger partial charge < -0.3 is 15.4 Å². The van der Waals surface area contributed by atoms with E-state index in [-0.39, 0.29) is 11.5 Å². The summed E-state index contributed by atoms with van der Waals surface area (Å²) in [7, 11) is 0. The number of nitrogens with one attached hydrogen (secondary N) is 2. The van der Waals surface area contributed by atoms with Gasteiger partial charge in [-0.05, 0) is 30.4 Å². The molecule has 1 aromatic heterocycles. The molecule has 0 amide bonds. The number of rotatable bonds is 6. The highest BCUT2D eigenvalue weighted by Gasteiger charge is 2.19. The third kappa shape index (κ3) is 5.00.